The topological polar surface area (TPSA) is 112 Å². The van der Waals surface area contributed by atoms with Crippen molar-refractivity contribution in [3.63, 3.8) is 0 Å². The third-order valence-corrected chi connectivity index (χ3v) is 5.43. The van der Waals surface area contributed by atoms with E-state index < -0.39 is 11.9 Å². The van der Waals surface area contributed by atoms with Crippen LogP contribution >= 0.6 is 11.3 Å². The minimum absolute atomic E-state index is 0.110. The molecule has 0 saturated carbocycles. The van der Waals surface area contributed by atoms with Crippen LogP contribution in [0.15, 0.2) is 4.79 Å². The predicted octanol–water partition coefficient (Wildman–Crippen LogP) is 2.40. The van der Waals surface area contributed by atoms with E-state index in [1.54, 1.807) is 0 Å². The Bertz CT molecular complexity index is 869. The van der Waals surface area contributed by atoms with E-state index in [0.717, 1.165) is 10.4 Å². The predicted molar refractivity (Wildman–Crippen MR) is 102 cm³/mol. The summed E-state index contributed by atoms with van der Waals surface area (Å²) in [4.78, 5) is 44.4. The molecule has 0 aromatic carbocycles. The van der Waals surface area contributed by atoms with Crippen molar-refractivity contribution in [3.8, 4) is 0 Å². The molecule has 0 aliphatic carbocycles. The van der Waals surface area contributed by atoms with Gasteiger partial charge in [-0.05, 0) is 31.7 Å². The molecule has 8 heteroatoms. The fourth-order valence-corrected chi connectivity index (χ4v) is 3.86. The van der Waals surface area contributed by atoms with Gasteiger partial charge in [0.25, 0.3) is 5.56 Å². The Kier molecular flexibility index (Phi) is 6.52. The van der Waals surface area contributed by atoms with Gasteiger partial charge in [-0.15, -0.1) is 11.3 Å². The van der Waals surface area contributed by atoms with Crippen molar-refractivity contribution in [3.05, 3.63) is 26.6 Å². The number of carboxylic acids is 1. The molecule has 0 bridgehead atoms. The molecular formula is C18H25N3O4S. The van der Waals surface area contributed by atoms with Gasteiger partial charge >= 0.3 is 5.97 Å². The number of aromatic nitrogens is 2. The van der Waals surface area contributed by atoms with E-state index >= 15 is 0 Å². The molecule has 0 saturated heterocycles. The van der Waals surface area contributed by atoms with E-state index in [0.29, 0.717) is 28.9 Å². The number of thiophene rings is 1. The van der Waals surface area contributed by atoms with Crippen LogP contribution in [0.2, 0.25) is 0 Å². The van der Waals surface area contributed by atoms with Gasteiger partial charge in [-0.25, -0.2) is 4.98 Å². The number of carbonyl (C=O) groups is 2. The second-order valence-electron chi connectivity index (χ2n) is 6.94. The number of hydrogen-bond acceptors (Lipinski definition) is 5. The Morgan fingerprint density at radius 1 is 1.31 bits per heavy atom. The zero-order chi connectivity index (χ0) is 19.4. The van der Waals surface area contributed by atoms with Gasteiger partial charge in [0, 0.05) is 24.3 Å². The number of rotatable bonds is 8. The van der Waals surface area contributed by atoms with E-state index in [9.17, 15) is 19.5 Å². The molecule has 0 aliphatic heterocycles. The molecule has 1 atom stereocenters. The van der Waals surface area contributed by atoms with Gasteiger partial charge in [0.1, 0.15) is 10.7 Å². The SMILES string of the molecule is Cc1sc2nc(CCC(=O)NCC(CC(C)C)C(=O)O)[nH]c(=O)c2c1C. The number of hydrogen-bond donors (Lipinski definition) is 3. The first kappa shape index (κ1) is 20.1. The first-order chi connectivity index (χ1) is 12.2. The molecule has 1 unspecified atom stereocenters. The summed E-state index contributed by atoms with van der Waals surface area (Å²) in [6, 6.07) is 0. The molecule has 0 aliphatic rings. The zero-order valence-electron chi connectivity index (χ0n) is 15.5. The van der Waals surface area contributed by atoms with Crippen molar-refractivity contribution in [1.29, 1.82) is 0 Å². The summed E-state index contributed by atoms with van der Waals surface area (Å²) < 4.78 is 0. The highest BCUT2D eigenvalue weighted by molar-refractivity contribution is 7.18. The summed E-state index contributed by atoms with van der Waals surface area (Å²) in [5.41, 5.74) is 0.753. The Balaban J connectivity index is 1.96. The molecule has 2 aromatic rings. The molecule has 3 N–H and O–H groups in total. The highest BCUT2D eigenvalue weighted by Crippen LogP contribution is 2.25. The molecular weight excluding hydrogens is 354 g/mol. The first-order valence-electron chi connectivity index (χ1n) is 8.67. The van der Waals surface area contributed by atoms with Gasteiger partial charge in [0.05, 0.1) is 11.3 Å². The fourth-order valence-electron chi connectivity index (χ4n) is 2.82. The standard InChI is InChI=1S/C18H25N3O4S/c1-9(2)7-12(18(24)25)8-19-14(22)6-5-13-20-16(23)15-10(3)11(4)26-17(15)21-13/h9,12H,5-8H2,1-4H3,(H,19,22)(H,24,25)(H,20,21,23). The van der Waals surface area contributed by atoms with Gasteiger partial charge in [-0.1, -0.05) is 13.8 Å². The van der Waals surface area contributed by atoms with E-state index in [1.807, 2.05) is 27.7 Å². The summed E-state index contributed by atoms with van der Waals surface area (Å²) >= 11 is 1.47. The van der Waals surface area contributed by atoms with Crippen LogP contribution in [0.4, 0.5) is 0 Å². The molecule has 2 aromatic heterocycles. The maximum absolute atomic E-state index is 12.2. The second-order valence-corrected chi connectivity index (χ2v) is 8.15. The Labute approximate surface area is 155 Å². The van der Waals surface area contributed by atoms with Crippen molar-refractivity contribution in [2.75, 3.05) is 6.54 Å². The van der Waals surface area contributed by atoms with E-state index in [-0.39, 0.29) is 30.3 Å². The number of aliphatic carboxylic acids is 1. The van der Waals surface area contributed by atoms with Gasteiger partial charge in [-0.2, -0.15) is 0 Å². The molecule has 0 spiro atoms. The van der Waals surface area contributed by atoms with Crippen molar-refractivity contribution < 1.29 is 14.7 Å². The number of nitrogens with one attached hydrogen (secondary N) is 2. The van der Waals surface area contributed by atoms with Crippen LogP contribution in [0.1, 0.15) is 43.0 Å². The molecule has 0 fully saturated rings. The molecule has 142 valence electrons. The summed E-state index contributed by atoms with van der Waals surface area (Å²) in [6.45, 7) is 7.85. The number of fused-ring (bicyclic) bond motifs is 1. The summed E-state index contributed by atoms with van der Waals surface area (Å²) in [6.07, 6.45) is 0.957. The van der Waals surface area contributed by atoms with Crippen LogP contribution in [-0.4, -0.2) is 33.5 Å². The van der Waals surface area contributed by atoms with Gasteiger partial charge in [0.15, 0.2) is 0 Å². The van der Waals surface area contributed by atoms with E-state index in [4.69, 9.17) is 0 Å². The lowest BCUT2D eigenvalue weighted by atomic mass is 9.97. The first-order valence-corrected chi connectivity index (χ1v) is 9.49. The average molecular weight is 379 g/mol. The van der Waals surface area contributed by atoms with E-state index in [2.05, 4.69) is 15.3 Å². The van der Waals surface area contributed by atoms with Crippen LogP contribution in [0.5, 0.6) is 0 Å². The largest absolute Gasteiger partial charge is 0.481 e. The van der Waals surface area contributed by atoms with Crippen molar-refractivity contribution in [1.82, 2.24) is 15.3 Å². The highest BCUT2D eigenvalue weighted by Gasteiger charge is 2.19. The number of carbonyl (C=O) groups excluding carboxylic acids is 1. The number of aryl methyl sites for hydroxylation is 3. The van der Waals surface area contributed by atoms with Crippen LogP contribution in [0, 0.1) is 25.7 Å². The minimum atomic E-state index is -0.904. The third-order valence-electron chi connectivity index (χ3n) is 4.33. The lowest BCUT2D eigenvalue weighted by molar-refractivity contribution is -0.142. The zero-order valence-corrected chi connectivity index (χ0v) is 16.3. The Hall–Kier alpha value is -2.22. The normalized spacial score (nSPS) is 12.5. The van der Waals surface area contributed by atoms with Gasteiger partial charge < -0.3 is 15.4 Å². The van der Waals surface area contributed by atoms with Crippen LogP contribution < -0.4 is 10.9 Å². The average Bonchev–Trinajstić information content (AvgIpc) is 2.83. The molecule has 2 rings (SSSR count). The van der Waals surface area contributed by atoms with Crippen molar-refractivity contribution in [2.45, 2.75) is 47.0 Å². The lowest BCUT2D eigenvalue weighted by Crippen LogP contribution is -2.33. The fraction of sp³-hybridized carbons (Fsp3) is 0.556. The Morgan fingerprint density at radius 2 is 2.00 bits per heavy atom. The summed E-state index contributed by atoms with van der Waals surface area (Å²) in [5.74, 6) is -1.03. The number of amides is 1. The molecule has 26 heavy (non-hydrogen) atoms. The maximum Gasteiger partial charge on any atom is 0.308 e. The third kappa shape index (κ3) is 4.91. The van der Waals surface area contributed by atoms with Crippen molar-refractivity contribution in [2.24, 2.45) is 11.8 Å². The van der Waals surface area contributed by atoms with Crippen LogP contribution in [0.3, 0.4) is 0 Å². The molecule has 7 nitrogen and oxygen atoms in total. The smallest absolute Gasteiger partial charge is 0.308 e. The second kappa shape index (κ2) is 8.44. The summed E-state index contributed by atoms with van der Waals surface area (Å²) in [5, 5.41) is 12.5. The van der Waals surface area contributed by atoms with Gasteiger partial charge in [0.2, 0.25) is 5.91 Å². The maximum atomic E-state index is 12.2. The number of nitrogens with zero attached hydrogens (tertiary/aromatic N) is 1. The number of H-pyrrole nitrogens is 1. The van der Waals surface area contributed by atoms with Crippen molar-refractivity contribution >= 4 is 33.4 Å². The number of carboxylic acid groups (broad SMARTS) is 1. The molecule has 1 amide bonds. The summed E-state index contributed by atoms with van der Waals surface area (Å²) in [7, 11) is 0. The van der Waals surface area contributed by atoms with Crippen LogP contribution in [0.25, 0.3) is 10.2 Å². The highest BCUT2D eigenvalue weighted by atomic mass is 32.1. The number of aromatic amines is 1. The monoisotopic (exact) mass is 379 g/mol. The van der Waals surface area contributed by atoms with E-state index in [1.165, 1.54) is 11.3 Å². The molecule has 0 radical (unpaired) electrons. The minimum Gasteiger partial charge on any atom is -0.481 e. The van der Waals surface area contributed by atoms with Gasteiger partial charge in [-0.3, -0.25) is 14.4 Å². The van der Waals surface area contributed by atoms with Crippen LogP contribution in [-0.2, 0) is 16.0 Å². The quantitative estimate of drug-likeness (QED) is 0.652. The lowest BCUT2D eigenvalue weighted by Gasteiger charge is -2.15. The Morgan fingerprint density at radius 3 is 2.62 bits per heavy atom. The molecule has 2 heterocycles.